The quantitative estimate of drug-likeness (QED) is 0.792. The summed E-state index contributed by atoms with van der Waals surface area (Å²) in [7, 11) is 0. The first-order valence-electron chi connectivity index (χ1n) is 3.80. The summed E-state index contributed by atoms with van der Waals surface area (Å²) < 4.78 is 0.977. The first-order valence-corrected chi connectivity index (χ1v) is 4.68. The van der Waals surface area contributed by atoms with E-state index in [2.05, 4.69) is 4.98 Å². The Hall–Kier alpha value is -1.42. The second kappa shape index (κ2) is 3.14. The Labute approximate surface area is 78.7 Å². The van der Waals surface area contributed by atoms with Crippen molar-refractivity contribution in [1.82, 2.24) is 4.98 Å². The molecule has 0 radical (unpaired) electrons. The molecular weight excluding hydrogens is 186 g/mol. The topological polar surface area (TPSA) is 50.2 Å². The van der Waals surface area contributed by atoms with E-state index >= 15 is 0 Å². The third kappa shape index (κ3) is 1.53. The van der Waals surface area contributed by atoms with Gasteiger partial charge in [-0.05, 0) is 22.9 Å². The van der Waals surface area contributed by atoms with Crippen molar-refractivity contribution in [3.63, 3.8) is 0 Å². The van der Waals surface area contributed by atoms with Gasteiger partial charge in [0.2, 0.25) is 0 Å². The molecule has 0 saturated heterocycles. The molecule has 66 valence electrons. The number of carboxylic acid groups (broad SMARTS) is 1. The van der Waals surface area contributed by atoms with E-state index in [1.165, 1.54) is 11.3 Å². The van der Waals surface area contributed by atoms with Gasteiger partial charge in [-0.3, -0.25) is 9.78 Å². The molecule has 3 nitrogen and oxygen atoms in total. The van der Waals surface area contributed by atoms with Crippen molar-refractivity contribution >= 4 is 27.4 Å². The van der Waals surface area contributed by atoms with Gasteiger partial charge in [-0.2, -0.15) is 0 Å². The lowest BCUT2D eigenvalue weighted by molar-refractivity contribution is -0.136. The van der Waals surface area contributed by atoms with E-state index in [4.69, 9.17) is 5.11 Å². The van der Waals surface area contributed by atoms with Crippen LogP contribution in [0, 0.1) is 0 Å². The molecule has 0 fully saturated rings. The van der Waals surface area contributed by atoms with Gasteiger partial charge in [-0.25, -0.2) is 0 Å². The van der Waals surface area contributed by atoms with Crippen LogP contribution in [0.2, 0.25) is 0 Å². The highest BCUT2D eigenvalue weighted by Crippen LogP contribution is 2.23. The smallest absolute Gasteiger partial charge is 0.309 e. The number of carbonyl (C=O) groups is 1. The summed E-state index contributed by atoms with van der Waals surface area (Å²) >= 11 is 1.53. The number of hydrogen-bond acceptors (Lipinski definition) is 3. The van der Waals surface area contributed by atoms with Gasteiger partial charge in [0, 0.05) is 6.20 Å². The van der Waals surface area contributed by atoms with Crippen LogP contribution in [0.3, 0.4) is 0 Å². The highest BCUT2D eigenvalue weighted by molar-refractivity contribution is 7.17. The zero-order chi connectivity index (χ0) is 9.26. The Morgan fingerprint density at radius 3 is 3.15 bits per heavy atom. The van der Waals surface area contributed by atoms with Crippen molar-refractivity contribution in [2.75, 3.05) is 0 Å². The maximum Gasteiger partial charge on any atom is 0.309 e. The maximum atomic E-state index is 10.5. The van der Waals surface area contributed by atoms with Crippen LogP contribution >= 0.6 is 11.3 Å². The Balaban J connectivity index is 2.54. The predicted octanol–water partition coefficient (Wildman–Crippen LogP) is 1.92. The van der Waals surface area contributed by atoms with Crippen LogP contribution < -0.4 is 0 Å². The van der Waals surface area contributed by atoms with Crippen LogP contribution in [0.5, 0.6) is 0 Å². The van der Waals surface area contributed by atoms with Crippen LogP contribution in [0.15, 0.2) is 23.7 Å². The van der Waals surface area contributed by atoms with Crippen molar-refractivity contribution in [3.8, 4) is 0 Å². The van der Waals surface area contributed by atoms with E-state index in [1.54, 1.807) is 6.20 Å². The SMILES string of the molecule is O=C(O)Cc1nccc2ccsc12. The lowest BCUT2D eigenvalue weighted by Crippen LogP contribution is -2.01. The van der Waals surface area contributed by atoms with Crippen molar-refractivity contribution in [3.05, 3.63) is 29.4 Å². The monoisotopic (exact) mass is 193 g/mol. The van der Waals surface area contributed by atoms with E-state index in [-0.39, 0.29) is 6.42 Å². The van der Waals surface area contributed by atoms with Crippen LogP contribution in [-0.4, -0.2) is 16.1 Å². The molecule has 2 rings (SSSR count). The molecule has 0 aromatic carbocycles. The zero-order valence-corrected chi connectivity index (χ0v) is 7.54. The largest absolute Gasteiger partial charge is 0.481 e. The fourth-order valence-electron chi connectivity index (χ4n) is 1.22. The van der Waals surface area contributed by atoms with Gasteiger partial charge in [0.25, 0.3) is 0 Å². The summed E-state index contributed by atoms with van der Waals surface area (Å²) in [4.78, 5) is 14.5. The Morgan fingerprint density at radius 1 is 1.54 bits per heavy atom. The summed E-state index contributed by atoms with van der Waals surface area (Å²) in [5.41, 5.74) is 0.653. The number of nitrogens with zero attached hydrogens (tertiary/aromatic N) is 1. The molecule has 0 saturated carbocycles. The van der Waals surface area contributed by atoms with E-state index < -0.39 is 5.97 Å². The minimum atomic E-state index is -0.839. The highest BCUT2D eigenvalue weighted by Gasteiger charge is 2.06. The number of hydrogen-bond donors (Lipinski definition) is 1. The van der Waals surface area contributed by atoms with Gasteiger partial charge in [0.05, 0.1) is 16.8 Å². The molecule has 13 heavy (non-hydrogen) atoms. The minimum absolute atomic E-state index is 0.00213. The molecule has 2 heterocycles. The number of rotatable bonds is 2. The summed E-state index contributed by atoms with van der Waals surface area (Å²) in [5, 5.41) is 11.6. The second-order valence-corrected chi connectivity index (χ2v) is 3.58. The summed E-state index contributed by atoms with van der Waals surface area (Å²) in [6.45, 7) is 0. The molecule has 1 N–H and O–H groups in total. The molecule has 0 spiro atoms. The molecule has 4 heteroatoms. The van der Waals surface area contributed by atoms with Gasteiger partial charge < -0.3 is 5.11 Å². The van der Waals surface area contributed by atoms with Crippen LogP contribution in [0.1, 0.15) is 5.69 Å². The van der Waals surface area contributed by atoms with Crippen LogP contribution in [-0.2, 0) is 11.2 Å². The summed E-state index contributed by atoms with van der Waals surface area (Å²) in [6, 6.07) is 3.85. The number of aliphatic carboxylic acids is 1. The summed E-state index contributed by atoms with van der Waals surface area (Å²) in [6.07, 6.45) is 1.64. The van der Waals surface area contributed by atoms with Crippen molar-refractivity contribution in [2.45, 2.75) is 6.42 Å². The molecule has 0 aliphatic rings. The van der Waals surface area contributed by atoms with E-state index in [1.807, 2.05) is 17.5 Å². The first kappa shape index (κ1) is 8.19. The molecule has 0 bridgehead atoms. The first-order chi connectivity index (χ1) is 6.27. The van der Waals surface area contributed by atoms with Gasteiger partial charge >= 0.3 is 5.97 Å². The fraction of sp³-hybridized carbons (Fsp3) is 0.111. The molecule has 0 amide bonds. The standard InChI is InChI=1S/C9H7NO2S/c11-8(12)5-7-9-6(1-3-10-7)2-4-13-9/h1-4H,5H2,(H,11,12). The number of thiophene rings is 1. The van der Waals surface area contributed by atoms with Crippen molar-refractivity contribution in [1.29, 1.82) is 0 Å². The number of carboxylic acids is 1. The number of fused-ring (bicyclic) bond motifs is 1. The third-order valence-electron chi connectivity index (χ3n) is 1.76. The molecule has 0 aliphatic carbocycles. The van der Waals surface area contributed by atoms with Crippen LogP contribution in [0.4, 0.5) is 0 Å². The Bertz CT molecular complexity index is 450. The minimum Gasteiger partial charge on any atom is -0.481 e. The van der Waals surface area contributed by atoms with Crippen molar-refractivity contribution < 1.29 is 9.90 Å². The van der Waals surface area contributed by atoms with Gasteiger partial charge in [-0.15, -0.1) is 11.3 Å². The molecule has 2 aromatic heterocycles. The second-order valence-electron chi connectivity index (χ2n) is 2.67. The fourth-order valence-corrected chi connectivity index (χ4v) is 2.10. The summed E-state index contributed by atoms with van der Waals surface area (Å²) in [5.74, 6) is -0.839. The number of pyridine rings is 1. The average molecular weight is 193 g/mol. The Kier molecular flexibility index (Phi) is 1.98. The van der Waals surface area contributed by atoms with E-state index in [0.717, 1.165) is 10.1 Å². The van der Waals surface area contributed by atoms with Gasteiger partial charge in [0.1, 0.15) is 0 Å². The molecular formula is C9H7NO2S. The predicted molar refractivity (Wildman–Crippen MR) is 51.0 cm³/mol. The van der Waals surface area contributed by atoms with Crippen molar-refractivity contribution in [2.24, 2.45) is 0 Å². The molecule has 2 aromatic rings. The number of aromatic nitrogens is 1. The molecule has 0 unspecified atom stereocenters. The normalized spacial score (nSPS) is 10.5. The lowest BCUT2D eigenvalue weighted by atomic mass is 10.2. The highest BCUT2D eigenvalue weighted by atomic mass is 32.1. The zero-order valence-electron chi connectivity index (χ0n) is 6.73. The van der Waals surface area contributed by atoms with Gasteiger partial charge in [0.15, 0.2) is 0 Å². The van der Waals surface area contributed by atoms with E-state index in [0.29, 0.717) is 5.69 Å². The third-order valence-corrected chi connectivity index (χ3v) is 2.74. The lowest BCUT2D eigenvalue weighted by Gasteiger charge is -1.96. The maximum absolute atomic E-state index is 10.5. The van der Waals surface area contributed by atoms with E-state index in [9.17, 15) is 4.79 Å². The van der Waals surface area contributed by atoms with Gasteiger partial charge in [-0.1, -0.05) is 0 Å². The van der Waals surface area contributed by atoms with Crippen LogP contribution in [0.25, 0.3) is 10.1 Å². The molecule has 0 aliphatic heterocycles. The molecule has 0 atom stereocenters. The average Bonchev–Trinajstić information content (AvgIpc) is 2.51. The Morgan fingerprint density at radius 2 is 2.38 bits per heavy atom.